The first kappa shape index (κ1) is 23.6. The molecule has 2 aromatic carbocycles. The zero-order valence-electron chi connectivity index (χ0n) is 21.4. The van der Waals surface area contributed by atoms with Crippen molar-refractivity contribution in [2.75, 3.05) is 27.2 Å². The Kier molecular flexibility index (Phi) is 6.65. The number of hydrogen-bond donors (Lipinski definition) is 0. The number of carbonyl (C=O) groups excluding carboxylic acids is 1. The number of unbranched alkanes of at least 4 members (excludes halogenated alkanes) is 1. The topological polar surface area (TPSA) is 52.3 Å². The molecule has 6 nitrogen and oxygen atoms in total. The van der Waals surface area contributed by atoms with Gasteiger partial charge in [-0.15, -0.1) is 0 Å². The molecule has 0 saturated heterocycles. The highest BCUT2D eigenvalue weighted by molar-refractivity contribution is 5.93. The summed E-state index contributed by atoms with van der Waals surface area (Å²) < 4.78 is 10.3. The van der Waals surface area contributed by atoms with Crippen molar-refractivity contribution < 1.29 is 9.53 Å². The Balaban J connectivity index is 1.57. The van der Waals surface area contributed by atoms with Crippen LogP contribution in [0.5, 0.6) is 5.75 Å². The SMILES string of the molecule is CCCCN(C)CCc1cc2c(cc1C=O)nc(-c1cc3cccc(OC)c3n1CC1CC1)n2C. The molecule has 0 bridgehead atoms. The molecule has 2 aromatic heterocycles. The van der Waals surface area contributed by atoms with Crippen LogP contribution >= 0.6 is 0 Å². The van der Waals surface area contributed by atoms with E-state index in [4.69, 9.17) is 9.72 Å². The van der Waals surface area contributed by atoms with E-state index in [0.717, 1.165) is 82.7 Å². The largest absolute Gasteiger partial charge is 0.495 e. The van der Waals surface area contributed by atoms with Crippen molar-refractivity contribution in [1.82, 2.24) is 19.0 Å². The highest BCUT2D eigenvalue weighted by atomic mass is 16.5. The lowest BCUT2D eigenvalue weighted by atomic mass is 10.0. The molecule has 0 unspecified atom stereocenters. The molecule has 6 heteroatoms. The van der Waals surface area contributed by atoms with Gasteiger partial charge in [0.05, 0.1) is 29.4 Å². The summed E-state index contributed by atoms with van der Waals surface area (Å²) in [6.07, 6.45) is 6.76. The van der Waals surface area contributed by atoms with E-state index in [0.29, 0.717) is 5.92 Å². The molecule has 2 heterocycles. The average Bonchev–Trinajstić information content (AvgIpc) is 3.55. The number of nitrogens with zero attached hydrogens (tertiary/aromatic N) is 4. The minimum Gasteiger partial charge on any atom is -0.495 e. The summed E-state index contributed by atoms with van der Waals surface area (Å²) in [6.45, 7) is 5.20. The molecule has 4 aromatic rings. The van der Waals surface area contributed by atoms with E-state index in [1.165, 1.54) is 25.7 Å². The van der Waals surface area contributed by atoms with Crippen molar-refractivity contribution in [3.05, 3.63) is 47.5 Å². The standard InChI is InChI=1S/C29H36N4O2/c1-5-6-13-31(2)14-12-21-16-25-24(15-23(21)19-34)30-29(32(25)3)26-17-22-8-7-9-27(35-4)28(22)33(26)18-20-10-11-20/h7-9,15-17,19-20H,5-6,10-14,18H2,1-4H3. The summed E-state index contributed by atoms with van der Waals surface area (Å²) in [6, 6.07) is 12.6. The molecule has 0 N–H and O–H groups in total. The van der Waals surface area contributed by atoms with Gasteiger partial charge in [-0.25, -0.2) is 4.98 Å². The number of aryl methyl sites for hydroxylation is 1. The van der Waals surface area contributed by atoms with Gasteiger partial charge in [-0.2, -0.15) is 0 Å². The molecule has 0 radical (unpaired) electrons. The molecule has 1 fully saturated rings. The van der Waals surface area contributed by atoms with Gasteiger partial charge in [0.2, 0.25) is 0 Å². The van der Waals surface area contributed by atoms with Crippen LogP contribution < -0.4 is 4.74 Å². The number of para-hydroxylation sites is 1. The minimum absolute atomic E-state index is 0.710. The summed E-state index contributed by atoms with van der Waals surface area (Å²) in [5.74, 6) is 2.53. The van der Waals surface area contributed by atoms with Crippen LogP contribution in [0.4, 0.5) is 0 Å². The normalized spacial score (nSPS) is 13.9. The molecule has 184 valence electrons. The predicted octanol–water partition coefficient (Wildman–Crippen LogP) is 5.70. The number of likely N-dealkylation sites (N-methyl/N-ethyl adjacent to an activating group) is 1. The average molecular weight is 473 g/mol. The van der Waals surface area contributed by atoms with Crippen molar-refractivity contribution in [2.45, 2.75) is 45.6 Å². The van der Waals surface area contributed by atoms with Crippen LogP contribution in [-0.2, 0) is 20.0 Å². The molecule has 0 amide bonds. The van der Waals surface area contributed by atoms with Crippen LogP contribution in [0.2, 0.25) is 0 Å². The van der Waals surface area contributed by atoms with Crippen molar-refractivity contribution in [2.24, 2.45) is 13.0 Å². The van der Waals surface area contributed by atoms with Gasteiger partial charge in [-0.1, -0.05) is 25.5 Å². The smallest absolute Gasteiger partial charge is 0.157 e. The van der Waals surface area contributed by atoms with E-state index in [-0.39, 0.29) is 0 Å². The summed E-state index contributed by atoms with van der Waals surface area (Å²) in [4.78, 5) is 19.3. The number of carbonyl (C=O) groups is 1. The first-order valence-electron chi connectivity index (χ1n) is 12.8. The highest BCUT2D eigenvalue weighted by Crippen LogP contribution is 2.39. The summed E-state index contributed by atoms with van der Waals surface area (Å²) in [5.41, 5.74) is 5.99. The lowest BCUT2D eigenvalue weighted by molar-refractivity contribution is 0.112. The van der Waals surface area contributed by atoms with Crippen molar-refractivity contribution >= 4 is 28.2 Å². The molecule has 35 heavy (non-hydrogen) atoms. The number of benzene rings is 2. The van der Waals surface area contributed by atoms with E-state index >= 15 is 0 Å². The Labute approximate surface area is 207 Å². The van der Waals surface area contributed by atoms with Crippen LogP contribution in [-0.4, -0.2) is 52.6 Å². The van der Waals surface area contributed by atoms with Crippen LogP contribution in [0.15, 0.2) is 36.4 Å². The molecular weight excluding hydrogens is 436 g/mol. The lowest BCUT2D eigenvalue weighted by Crippen LogP contribution is -2.22. The van der Waals surface area contributed by atoms with Crippen molar-refractivity contribution in [1.29, 1.82) is 0 Å². The van der Waals surface area contributed by atoms with Crippen molar-refractivity contribution in [3.8, 4) is 17.3 Å². The van der Waals surface area contributed by atoms with Gasteiger partial charge < -0.3 is 18.8 Å². The zero-order chi connectivity index (χ0) is 24.5. The third kappa shape index (κ3) is 4.59. The Hall–Kier alpha value is -3.12. The monoisotopic (exact) mass is 472 g/mol. The molecule has 0 atom stereocenters. The fourth-order valence-corrected chi connectivity index (χ4v) is 5.09. The maximum absolute atomic E-state index is 12.0. The van der Waals surface area contributed by atoms with Crippen LogP contribution in [0.1, 0.15) is 48.5 Å². The summed E-state index contributed by atoms with van der Waals surface area (Å²) >= 11 is 0. The van der Waals surface area contributed by atoms with Crippen LogP contribution in [0.3, 0.4) is 0 Å². The molecular formula is C29H36N4O2. The first-order valence-corrected chi connectivity index (χ1v) is 12.8. The van der Waals surface area contributed by atoms with Gasteiger partial charge in [0, 0.05) is 31.1 Å². The number of methoxy groups -OCH3 is 1. The van der Waals surface area contributed by atoms with Crippen LogP contribution in [0, 0.1) is 5.92 Å². The van der Waals surface area contributed by atoms with Gasteiger partial charge in [0.25, 0.3) is 0 Å². The number of fused-ring (bicyclic) bond motifs is 2. The molecule has 1 aliphatic rings. The van der Waals surface area contributed by atoms with E-state index in [1.807, 2.05) is 18.2 Å². The summed E-state index contributed by atoms with van der Waals surface area (Å²) in [5, 5.41) is 1.16. The molecule has 0 aliphatic heterocycles. The first-order chi connectivity index (χ1) is 17.0. The number of ether oxygens (including phenoxy) is 1. The number of hydrogen-bond acceptors (Lipinski definition) is 4. The second-order valence-electron chi connectivity index (χ2n) is 10.0. The Bertz CT molecular complexity index is 1360. The molecule has 1 aliphatic carbocycles. The molecule has 0 spiro atoms. The van der Waals surface area contributed by atoms with Gasteiger partial charge >= 0.3 is 0 Å². The number of imidazole rings is 1. The number of aldehydes is 1. The second-order valence-corrected chi connectivity index (χ2v) is 10.0. The second kappa shape index (κ2) is 9.86. The summed E-state index contributed by atoms with van der Waals surface area (Å²) in [7, 11) is 5.98. The number of rotatable bonds is 11. The Morgan fingerprint density at radius 1 is 1.20 bits per heavy atom. The quantitative estimate of drug-likeness (QED) is 0.263. The van der Waals surface area contributed by atoms with E-state index in [2.05, 4.69) is 53.3 Å². The molecule has 5 rings (SSSR count). The fraction of sp³-hybridized carbons (Fsp3) is 0.448. The predicted molar refractivity (Wildman–Crippen MR) is 142 cm³/mol. The maximum Gasteiger partial charge on any atom is 0.157 e. The van der Waals surface area contributed by atoms with Gasteiger partial charge in [0.15, 0.2) is 5.82 Å². The van der Waals surface area contributed by atoms with Gasteiger partial charge in [0.1, 0.15) is 12.0 Å². The Morgan fingerprint density at radius 3 is 2.74 bits per heavy atom. The number of aromatic nitrogens is 3. The van der Waals surface area contributed by atoms with Crippen LogP contribution in [0.25, 0.3) is 33.5 Å². The maximum atomic E-state index is 12.0. The molecule has 1 saturated carbocycles. The Morgan fingerprint density at radius 2 is 2.03 bits per heavy atom. The van der Waals surface area contributed by atoms with Crippen molar-refractivity contribution in [3.63, 3.8) is 0 Å². The van der Waals surface area contributed by atoms with E-state index in [9.17, 15) is 4.79 Å². The highest BCUT2D eigenvalue weighted by Gasteiger charge is 2.26. The van der Waals surface area contributed by atoms with Gasteiger partial charge in [-0.05, 0) is 75.0 Å². The van der Waals surface area contributed by atoms with E-state index in [1.54, 1.807) is 7.11 Å². The van der Waals surface area contributed by atoms with Gasteiger partial charge in [-0.3, -0.25) is 4.79 Å². The zero-order valence-corrected chi connectivity index (χ0v) is 21.4. The lowest BCUT2D eigenvalue weighted by Gasteiger charge is -2.16. The third-order valence-corrected chi connectivity index (χ3v) is 7.39. The fourth-order valence-electron chi connectivity index (χ4n) is 5.09. The minimum atomic E-state index is 0.710. The third-order valence-electron chi connectivity index (χ3n) is 7.39. The van der Waals surface area contributed by atoms with E-state index < -0.39 is 0 Å².